The lowest BCUT2D eigenvalue weighted by Crippen LogP contribution is -2.38. The Balaban J connectivity index is 1.67. The number of benzene rings is 3. The van der Waals surface area contributed by atoms with E-state index in [0.717, 1.165) is 0 Å². The van der Waals surface area contributed by atoms with Gasteiger partial charge < -0.3 is 25.8 Å². The van der Waals surface area contributed by atoms with Crippen LogP contribution in [0.1, 0.15) is 41.9 Å². The fraction of sp³-hybridized carbons (Fsp3) is 0.273. The predicted octanol–water partition coefficient (Wildman–Crippen LogP) is 5.04. The summed E-state index contributed by atoms with van der Waals surface area (Å²) in [6, 6.07) is 27.7. The first-order valence-electron chi connectivity index (χ1n) is 13.6. The van der Waals surface area contributed by atoms with Crippen LogP contribution < -0.4 is 16.4 Å². The Kier molecular flexibility index (Phi) is 10.7. The Morgan fingerprint density at radius 2 is 1.63 bits per heavy atom. The molecule has 3 aromatic carbocycles. The number of amides is 1. The highest BCUT2D eigenvalue weighted by molar-refractivity contribution is 6.30. The molecule has 1 aliphatic heterocycles. The molecule has 8 heteroatoms. The van der Waals surface area contributed by atoms with Crippen LogP contribution in [-0.2, 0) is 19.1 Å². The summed E-state index contributed by atoms with van der Waals surface area (Å²) in [6.45, 7) is 2.98. The fourth-order valence-corrected chi connectivity index (χ4v) is 5.46. The molecule has 0 radical (unpaired) electrons. The molecule has 0 bridgehead atoms. The summed E-state index contributed by atoms with van der Waals surface area (Å²) in [5.41, 5.74) is 10.6. The van der Waals surface area contributed by atoms with Gasteiger partial charge >= 0.3 is 5.97 Å². The maximum absolute atomic E-state index is 14.0. The van der Waals surface area contributed by atoms with E-state index in [2.05, 4.69) is 34.9 Å². The van der Waals surface area contributed by atoms with Crippen molar-refractivity contribution in [3.05, 3.63) is 129 Å². The first-order valence-corrected chi connectivity index (χ1v) is 14.0. The van der Waals surface area contributed by atoms with Crippen molar-refractivity contribution in [2.45, 2.75) is 25.2 Å². The summed E-state index contributed by atoms with van der Waals surface area (Å²) < 4.78 is 10.9. The summed E-state index contributed by atoms with van der Waals surface area (Å²) in [7, 11) is 1.33. The Hall–Kier alpha value is -3.91. The number of nitrogens with two attached hydrogens (primary N) is 1. The molecule has 1 aliphatic rings. The van der Waals surface area contributed by atoms with E-state index in [4.69, 9.17) is 26.8 Å². The van der Waals surface area contributed by atoms with Crippen LogP contribution in [0.15, 0.2) is 107 Å². The molecule has 0 saturated carbocycles. The maximum Gasteiger partial charge on any atom is 0.336 e. The highest BCUT2D eigenvalue weighted by Gasteiger charge is 2.38. The van der Waals surface area contributed by atoms with Crippen molar-refractivity contribution in [3.8, 4) is 0 Å². The second-order valence-electron chi connectivity index (χ2n) is 9.80. The molecule has 0 fully saturated rings. The molecule has 3 aromatic rings. The number of nitrogens with one attached hydrogen (secondary N) is 2. The van der Waals surface area contributed by atoms with E-state index in [1.54, 1.807) is 25.1 Å². The third-order valence-corrected chi connectivity index (χ3v) is 7.34. The van der Waals surface area contributed by atoms with Gasteiger partial charge in [0.1, 0.15) is 0 Å². The van der Waals surface area contributed by atoms with E-state index in [1.807, 2.05) is 42.5 Å². The van der Waals surface area contributed by atoms with Gasteiger partial charge in [-0.15, -0.1) is 0 Å². The lowest BCUT2D eigenvalue weighted by molar-refractivity contribution is -0.136. The largest absolute Gasteiger partial charge is 0.466 e. The lowest BCUT2D eigenvalue weighted by Gasteiger charge is -2.32. The summed E-state index contributed by atoms with van der Waals surface area (Å²) in [4.78, 5) is 27.1. The molecule has 0 spiro atoms. The number of halogens is 1. The number of carbonyl (C=O) groups is 2. The number of esters is 1. The van der Waals surface area contributed by atoms with Crippen molar-refractivity contribution in [2.24, 2.45) is 5.73 Å². The van der Waals surface area contributed by atoms with Gasteiger partial charge in [-0.25, -0.2) is 4.79 Å². The van der Waals surface area contributed by atoms with Crippen LogP contribution in [0, 0.1) is 0 Å². The van der Waals surface area contributed by atoms with E-state index in [-0.39, 0.29) is 18.4 Å². The van der Waals surface area contributed by atoms with Crippen LogP contribution in [0.2, 0.25) is 5.02 Å². The standard InChI is InChI=1S/C33H36ClN3O4/c1-22-29(33(39)40-2)30(25-14-9-15-26(34)20-25)31(28(37-22)21-41-19-17-35)32(38)36-18-16-27(23-10-5-3-6-11-23)24-12-7-4-8-13-24/h3-15,20,27,30,37H,16-19,21,35H2,1-2H3,(H,36,38). The predicted molar refractivity (Wildman–Crippen MR) is 161 cm³/mol. The molecule has 7 nitrogen and oxygen atoms in total. The van der Waals surface area contributed by atoms with Crippen LogP contribution in [-0.4, -0.2) is 45.3 Å². The molecule has 1 atom stereocenters. The highest BCUT2D eigenvalue weighted by Crippen LogP contribution is 2.39. The van der Waals surface area contributed by atoms with Crippen LogP contribution >= 0.6 is 11.6 Å². The Morgan fingerprint density at radius 3 is 2.22 bits per heavy atom. The third kappa shape index (κ3) is 7.44. The molecular weight excluding hydrogens is 538 g/mol. The number of carbonyl (C=O) groups excluding carboxylic acids is 2. The average molecular weight is 574 g/mol. The van der Waals surface area contributed by atoms with Gasteiger partial charge in [-0.05, 0) is 42.2 Å². The van der Waals surface area contributed by atoms with Gasteiger partial charge in [-0.1, -0.05) is 84.4 Å². The van der Waals surface area contributed by atoms with Gasteiger partial charge in [0.15, 0.2) is 0 Å². The van der Waals surface area contributed by atoms with Crippen LogP contribution in [0.25, 0.3) is 0 Å². The van der Waals surface area contributed by atoms with Gasteiger partial charge in [-0.3, -0.25) is 4.79 Å². The first kappa shape index (κ1) is 30.1. The zero-order chi connectivity index (χ0) is 29.2. The Labute approximate surface area is 246 Å². The molecule has 0 saturated heterocycles. The fourth-order valence-electron chi connectivity index (χ4n) is 5.26. The van der Waals surface area contributed by atoms with E-state index >= 15 is 0 Å². The number of ether oxygens (including phenoxy) is 2. The topological polar surface area (TPSA) is 103 Å². The minimum absolute atomic E-state index is 0.0972. The van der Waals surface area contributed by atoms with Crippen molar-refractivity contribution < 1.29 is 19.1 Å². The van der Waals surface area contributed by atoms with E-state index in [1.165, 1.54) is 18.2 Å². The van der Waals surface area contributed by atoms with Crippen molar-refractivity contribution in [3.63, 3.8) is 0 Å². The van der Waals surface area contributed by atoms with Crippen molar-refractivity contribution in [1.82, 2.24) is 10.6 Å². The maximum atomic E-state index is 14.0. The number of hydrogen-bond donors (Lipinski definition) is 3. The number of dihydropyridines is 1. The van der Waals surface area contributed by atoms with Gasteiger partial charge in [0.05, 0.1) is 43.1 Å². The number of rotatable bonds is 12. The Bertz CT molecular complexity index is 1370. The van der Waals surface area contributed by atoms with Crippen molar-refractivity contribution >= 4 is 23.5 Å². The second kappa shape index (κ2) is 14.6. The van der Waals surface area contributed by atoms with Gasteiger partial charge in [0.2, 0.25) is 5.91 Å². The van der Waals surface area contributed by atoms with Gasteiger partial charge in [-0.2, -0.15) is 0 Å². The summed E-state index contributed by atoms with van der Waals surface area (Å²) >= 11 is 6.36. The highest BCUT2D eigenvalue weighted by atomic mass is 35.5. The SMILES string of the molecule is COC(=O)C1=C(C)NC(COCCN)=C(C(=O)NCCC(c2ccccc2)c2ccccc2)C1c1cccc(Cl)c1. The molecule has 1 unspecified atom stereocenters. The van der Waals surface area contributed by atoms with E-state index in [9.17, 15) is 9.59 Å². The molecule has 4 N–H and O–H groups in total. The first-order chi connectivity index (χ1) is 19.9. The second-order valence-corrected chi connectivity index (χ2v) is 10.2. The summed E-state index contributed by atoms with van der Waals surface area (Å²) in [5, 5.41) is 6.86. The van der Waals surface area contributed by atoms with Gasteiger partial charge in [0.25, 0.3) is 0 Å². The number of methoxy groups -OCH3 is 1. The minimum atomic E-state index is -0.710. The molecule has 0 aromatic heterocycles. The van der Waals surface area contributed by atoms with Gasteiger partial charge in [0, 0.05) is 29.7 Å². The molecule has 4 rings (SSSR count). The molecule has 1 amide bonds. The van der Waals surface area contributed by atoms with Crippen LogP contribution in [0.5, 0.6) is 0 Å². The van der Waals surface area contributed by atoms with E-state index < -0.39 is 11.9 Å². The lowest BCUT2D eigenvalue weighted by atomic mass is 9.79. The molecule has 214 valence electrons. The summed E-state index contributed by atoms with van der Waals surface area (Å²) in [5.74, 6) is -1.44. The Morgan fingerprint density at radius 1 is 0.976 bits per heavy atom. The molecule has 1 heterocycles. The van der Waals surface area contributed by atoms with Crippen molar-refractivity contribution in [2.75, 3.05) is 33.4 Å². The van der Waals surface area contributed by atoms with E-state index in [0.29, 0.717) is 59.2 Å². The summed E-state index contributed by atoms with van der Waals surface area (Å²) in [6.07, 6.45) is 0.681. The third-order valence-electron chi connectivity index (χ3n) is 7.11. The molecular formula is C33H36ClN3O4. The zero-order valence-electron chi connectivity index (χ0n) is 23.4. The zero-order valence-corrected chi connectivity index (χ0v) is 24.1. The minimum Gasteiger partial charge on any atom is -0.466 e. The quantitative estimate of drug-likeness (QED) is 0.207. The average Bonchev–Trinajstić information content (AvgIpc) is 2.99. The van der Waals surface area contributed by atoms with Crippen molar-refractivity contribution in [1.29, 1.82) is 0 Å². The van der Waals surface area contributed by atoms with Crippen LogP contribution in [0.3, 0.4) is 0 Å². The normalized spacial score (nSPS) is 15.1. The number of allylic oxidation sites excluding steroid dienone is 1. The smallest absolute Gasteiger partial charge is 0.336 e. The molecule has 41 heavy (non-hydrogen) atoms. The van der Waals surface area contributed by atoms with Crippen LogP contribution in [0.4, 0.5) is 0 Å². The molecule has 0 aliphatic carbocycles. The monoisotopic (exact) mass is 573 g/mol. The number of hydrogen-bond acceptors (Lipinski definition) is 6.